The van der Waals surface area contributed by atoms with Crippen molar-refractivity contribution >= 4 is 15.4 Å². The molecule has 1 aromatic carbocycles. The van der Waals surface area contributed by atoms with Crippen LogP contribution in [0.15, 0.2) is 42.9 Å². The van der Waals surface area contributed by atoms with Crippen molar-refractivity contribution in [3.05, 3.63) is 77.3 Å². The molecular formula is C28H27F2N7OS. The fourth-order valence-electron chi connectivity index (χ4n) is 7.11. The number of fused-ring (bicyclic) bond motifs is 5. The lowest BCUT2D eigenvalue weighted by molar-refractivity contribution is 0.242. The molecule has 2 aliphatic carbocycles. The molecule has 1 saturated heterocycles. The van der Waals surface area contributed by atoms with E-state index in [0.29, 0.717) is 23.3 Å². The average molecular weight is 548 g/mol. The summed E-state index contributed by atoms with van der Waals surface area (Å²) in [4.78, 5) is 13.9. The summed E-state index contributed by atoms with van der Waals surface area (Å²) >= 11 is 0. The van der Waals surface area contributed by atoms with Gasteiger partial charge in [0, 0.05) is 23.6 Å². The highest BCUT2D eigenvalue weighted by atomic mass is 32.2. The summed E-state index contributed by atoms with van der Waals surface area (Å²) in [6.07, 6.45) is 5.77. The largest absolute Gasteiger partial charge is 0.268 e. The summed E-state index contributed by atoms with van der Waals surface area (Å²) in [6, 6.07) is 7.50. The Balaban J connectivity index is 1.30. The molecule has 1 unspecified atom stereocenters. The number of aromatic nitrogens is 7. The highest BCUT2D eigenvalue weighted by molar-refractivity contribution is 8.00. The maximum absolute atomic E-state index is 14.6. The van der Waals surface area contributed by atoms with Gasteiger partial charge in [0.15, 0.2) is 5.82 Å². The van der Waals surface area contributed by atoms with Crippen LogP contribution in [0.5, 0.6) is 0 Å². The number of halogens is 2. The van der Waals surface area contributed by atoms with E-state index >= 15 is 0 Å². The minimum absolute atomic E-state index is 0.0121. The van der Waals surface area contributed by atoms with E-state index in [2.05, 4.69) is 45.0 Å². The first kappa shape index (κ1) is 24.4. The zero-order chi connectivity index (χ0) is 27.2. The summed E-state index contributed by atoms with van der Waals surface area (Å²) in [5.74, 6) is 4.75. The molecule has 3 aliphatic rings. The van der Waals surface area contributed by atoms with E-state index in [1.54, 1.807) is 23.3 Å². The Morgan fingerprint density at radius 1 is 1.10 bits per heavy atom. The zero-order valence-corrected chi connectivity index (χ0v) is 22.5. The van der Waals surface area contributed by atoms with E-state index < -0.39 is 26.6 Å². The number of hydrogen-bond donors (Lipinski definition) is 0. The Morgan fingerprint density at radius 3 is 2.64 bits per heavy atom. The second-order valence-electron chi connectivity index (χ2n) is 11.5. The minimum Gasteiger partial charge on any atom is -0.268 e. The molecule has 1 aliphatic heterocycles. The number of hydrogen-bond acceptors (Lipinski definition) is 7. The normalized spacial score (nSPS) is 28.6. The van der Waals surface area contributed by atoms with Gasteiger partial charge in [-0.05, 0) is 75.8 Å². The maximum Gasteiger partial charge on any atom is 0.252 e. The van der Waals surface area contributed by atoms with Gasteiger partial charge in [0.25, 0.3) is 5.95 Å². The Morgan fingerprint density at radius 2 is 1.90 bits per heavy atom. The van der Waals surface area contributed by atoms with Crippen molar-refractivity contribution in [3.8, 4) is 17.2 Å². The molecule has 0 N–H and O–H groups in total. The maximum atomic E-state index is 14.6. The van der Waals surface area contributed by atoms with E-state index in [1.165, 1.54) is 18.2 Å². The van der Waals surface area contributed by atoms with Gasteiger partial charge < -0.3 is 0 Å². The van der Waals surface area contributed by atoms with Crippen LogP contribution < -0.4 is 0 Å². The Labute approximate surface area is 225 Å². The van der Waals surface area contributed by atoms with E-state index in [4.69, 9.17) is 4.98 Å². The van der Waals surface area contributed by atoms with E-state index in [-0.39, 0.29) is 28.5 Å². The number of benzene rings is 1. The van der Waals surface area contributed by atoms with Gasteiger partial charge in [-0.3, -0.25) is 4.21 Å². The van der Waals surface area contributed by atoms with Gasteiger partial charge in [0.1, 0.15) is 18.0 Å². The third-order valence-electron chi connectivity index (χ3n) is 9.10. The van der Waals surface area contributed by atoms with Crippen molar-refractivity contribution in [2.75, 3.05) is 11.5 Å². The first-order valence-electron chi connectivity index (χ1n) is 13.0. The summed E-state index contributed by atoms with van der Waals surface area (Å²) in [7, 11) is -2.07. The molecule has 4 atom stereocenters. The summed E-state index contributed by atoms with van der Waals surface area (Å²) in [5, 5.41) is 13.5. The third-order valence-corrected chi connectivity index (χ3v) is 11.1. The smallest absolute Gasteiger partial charge is 0.252 e. The molecule has 2 fully saturated rings. The molecule has 4 aromatic rings. The molecule has 8 nitrogen and oxygen atoms in total. The highest BCUT2D eigenvalue weighted by Gasteiger charge is 2.65. The van der Waals surface area contributed by atoms with Crippen LogP contribution in [0.4, 0.5) is 8.78 Å². The fraction of sp³-hybridized carbons (Fsp3) is 0.393. The summed E-state index contributed by atoms with van der Waals surface area (Å²) in [6.45, 7) is 4.39. The minimum atomic E-state index is -2.07. The van der Waals surface area contributed by atoms with Gasteiger partial charge in [-0.2, -0.15) is 9.78 Å². The molecular weight excluding hydrogens is 520 g/mol. The van der Waals surface area contributed by atoms with Gasteiger partial charge >= 0.3 is 0 Å². The summed E-state index contributed by atoms with van der Waals surface area (Å²) < 4.78 is 43.0. The van der Waals surface area contributed by atoms with Crippen molar-refractivity contribution in [1.82, 2.24) is 34.9 Å². The molecule has 0 radical (unpaired) electrons. The predicted octanol–water partition coefficient (Wildman–Crippen LogP) is 4.20. The predicted molar refractivity (Wildman–Crippen MR) is 143 cm³/mol. The number of rotatable bonds is 4. The third kappa shape index (κ3) is 3.44. The quantitative estimate of drug-likeness (QED) is 0.353. The van der Waals surface area contributed by atoms with Gasteiger partial charge in [-0.25, -0.2) is 23.7 Å². The molecule has 2 bridgehead atoms. The monoisotopic (exact) mass is 547 g/mol. The van der Waals surface area contributed by atoms with Crippen LogP contribution in [0.2, 0.25) is 0 Å². The van der Waals surface area contributed by atoms with Crippen LogP contribution in [0.1, 0.15) is 67.7 Å². The van der Waals surface area contributed by atoms with Crippen LogP contribution >= 0.6 is 0 Å². The molecule has 7 rings (SSSR count). The highest BCUT2D eigenvalue weighted by Crippen LogP contribution is 2.69. The fourth-order valence-corrected chi connectivity index (χ4v) is 9.04. The second kappa shape index (κ2) is 8.20. The molecule has 0 spiro atoms. The topological polar surface area (TPSA) is 99.3 Å². The van der Waals surface area contributed by atoms with Crippen LogP contribution in [0, 0.1) is 17.0 Å². The van der Waals surface area contributed by atoms with Crippen molar-refractivity contribution in [3.63, 3.8) is 0 Å². The lowest BCUT2D eigenvalue weighted by atomic mass is 9.66. The first-order chi connectivity index (χ1) is 18.6. The summed E-state index contributed by atoms with van der Waals surface area (Å²) in [5.41, 5.74) is 1.78. The van der Waals surface area contributed by atoms with Crippen LogP contribution in [0.3, 0.4) is 0 Å². The standard InChI is InChI=1S/C28H27F2N7OS/c1-27(2)18-7-10-28(27,24-17(18)13-21(34-35-24)23-19(29)5-4-6-20(23)30)22-8-11-31-26(33-22)37-15-32-25(36-37)16-9-12-39(3,38)14-16/h4-6,8,11,13,15-16,18H,3,7,9-10,12,14H2,1-2H3/t16-,18+,28+,39?/m1/s1. The van der Waals surface area contributed by atoms with E-state index in [9.17, 15) is 13.0 Å². The van der Waals surface area contributed by atoms with E-state index in [0.717, 1.165) is 36.2 Å². The molecule has 0 amide bonds. The van der Waals surface area contributed by atoms with Crippen molar-refractivity contribution in [2.24, 2.45) is 5.41 Å². The van der Waals surface area contributed by atoms with E-state index in [1.807, 2.05) is 6.07 Å². The molecule has 4 heterocycles. The average Bonchev–Trinajstić information content (AvgIpc) is 3.64. The Bertz CT molecular complexity index is 1730. The zero-order valence-electron chi connectivity index (χ0n) is 21.6. The number of nitrogens with zero attached hydrogens (tertiary/aromatic N) is 7. The molecule has 3 aromatic heterocycles. The van der Waals surface area contributed by atoms with Gasteiger partial charge in [-0.1, -0.05) is 19.9 Å². The first-order valence-corrected chi connectivity index (χ1v) is 15.1. The van der Waals surface area contributed by atoms with Gasteiger partial charge in [0.05, 0.1) is 28.1 Å². The molecule has 39 heavy (non-hydrogen) atoms. The lowest BCUT2D eigenvalue weighted by Crippen LogP contribution is -2.38. The van der Waals surface area contributed by atoms with Crippen LogP contribution in [-0.4, -0.2) is 56.5 Å². The molecule has 200 valence electrons. The molecule has 1 saturated carbocycles. The van der Waals surface area contributed by atoms with Crippen molar-refractivity contribution in [2.45, 2.75) is 50.4 Å². The lowest BCUT2D eigenvalue weighted by Gasteiger charge is -2.37. The molecule has 11 heteroatoms. The SMILES string of the molecule is C=S1(=O)CC[C@@H](c2ncn(-c3nccc([C@@]45CC[C@@H](c6cc(-c7c(F)cccc7F)nnc64)C5(C)C)n3)n2)C1. The Hall–Kier alpha value is -3.60. The van der Waals surface area contributed by atoms with Crippen molar-refractivity contribution in [1.29, 1.82) is 0 Å². The van der Waals surface area contributed by atoms with Gasteiger partial charge in [0.2, 0.25) is 0 Å². The van der Waals surface area contributed by atoms with Crippen LogP contribution in [0.25, 0.3) is 17.2 Å². The Kier molecular flexibility index (Phi) is 5.14. The van der Waals surface area contributed by atoms with Crippen molar-refractivity contribution < 1.29 is 13.0 Å². The van der Waals surface area contributed by atoms with Crippen LogP contribution in [-0.2, 0) is 14.9 Å². The van der Waals surface area contributed by atoms with Gasteiger partial charge in [-0.15, -0.1) is 10.2 Å². The second-order valence-corrected chi connectivity index (χ2v) is 14.1.